The van der Waals surface area contributed by atoms with Gasteiger partial charge in [0.25, 0.3) is 0 Å². The number of nitrogens with two attached hydrogens (primary N) is 1. The zero-order valence-electron chi connectivity index (χ0n) is 11.3. The maximum Gasteiger partial charge on any atom is 0.134 e. The number of methoxy groups -OCH3 is 1. The summed E-state index contributed by atoms with van der Waals surface area (Å²) in [7, 11) is 1.60. The van der Waals surface area contributed by atoms with Gasteiger partial charge in [0.15, 0.2) is 0 Å². The second-order valence-electron chi connectivity index (χ2n) is 4.69. The normalized spacial score (nSPS) is 12.6. The molecule has 3 nitrogen and oxygen atoms in total. The van der Waals surface area contributed by atoms with Gasteiger partial charge in [0.2, 0.25) is 0 Å². The predicted octanol–water partition coefficient (Wildman–Crippen LogP) is 4.80. The molecule has 1 unspecified atom stereocenters. The Hall–Kier alpha value is -1.68. The van der Waals surface area contributed by atoms with Crippen LogP contribution < -0.4 is 10.5 Å². The molecule has 0 radical (unpaired) electrons. The van der Waals surface area contributed by atoms with Gasteiger partial charge in [0.05, 0.1) is 13.2 Å². The first kappa shape index (κ1) is 14.3. The zero-order chi connectivity index (χ0) is 15.0. The summed E-state index contributed by atoms with van der Waals surface area (Å²) in [6.07, 6.45) is 0. The second-order valence-corrected chi connectivity index (χ2v) is 5.57. The fourth-order valence-electron chi connectivity index (χ4n) is 2.29. The van der Waals surface area contributed by atoms with Gasteiger partial charge in [-0.1, -0.05) is 23.2 Å². The summed E-state index contributed by atoms with van der Waals surface area (Å²) in [6.45, 7) is 0. The molecular weight excluding hydrogens is 309 g/mol. The molecule has 0 spiro atoms. The highest BCUT2D eigenvalue weighted by atomic mass is 35.5. The summed E-state index contributed by atoms with van der Waals surface area (Å²) >= 11 is 12.0. The van der Waals surface area contributed by atoms with E-state index in [4.69, 9.17) is 38.1 Å². The Labute approximate surface area is 132 Å². The van der Waals surface area contributed by atoms with Gasteiger partial charge >= 0.3 is 0 Å². The van der Waals surface area contributed by atoms with Gasteiger partial charge in [-0.15, -0.1) is 0 Å². The first-order chi connectivity index (χ1) is 10.1. The minimum absolute atomic E-state index is 0.468. The lowest BCUT2D eigenvalue weighted by atomic mass is 10.0. The highest BCUT2D eigenvalue weighted by Gasteiger charge is 2.18. The highest BCUT2D eigenvalue weighted by Crippen LogP contribution is 2.33. The van der Waals surface area contributed by atoms with E-state index < -0.39 is 6.04 Å². The van der Waals surface area contributed by atoms with Crippen molar-refractivity contribution in [1.29, 1.82) is 0 Å². The number of rotatable bonds is 3. The van der Waals surface area contributed by atoms with Crippen LogP contribution in [0.3, 0.4) is 0 Å². The van der Waals surface area contributed by atoms with E-state index in [1.807, 2.05) is 18.2 Å². The first-order valence-corrected chi connectivity index (χ1v) is 7.12. The van der Waals surface area contributed by atoms with E-state index in [2.05, 4.69) is 0 Å². The molecule has 3 rings (SSSR count). The molecule has 0 bridgehead atoms. The number of ether oxygens (including phenoxy) is 1. The van der Waals surface area contributed by atoms with Crippen molar-refractivity contribution in [1.82, 2.24) is 0 Å². The molecule has 0 aliphatic rings. The Morgan fingerprint density at radius 3 is 2.52 bits per heavy atom. The minimum atomic E-state index is -0.468. The van der Waals surface area contributed by atoms with Crippen LogP contribution in [0.1, 0.15) is 17.4 Å². The van der Waals surface area contributed by atoms with Gasteiger partial charge in [0.1, 0.15) is 17.1 Å². The molecule has 0 saturated heterocycles. The van der Waals surface area contributed by atoms with E-state index in [9.17, 15) is 0 Å². The van der Waals surface area contributed by atoms with Gasteiger partial charge in [-0.25, -0.2) is 0 Å². The molecule has 0 fully saturated rings. The molecule has 0 aliphatic heterocycles. The molecule has 1 heterocycles. The standard InChI is InChI=1S/C16H13Cl2NO2/c1-20-14-5-3-11(18)8-12(14)16(19)15-7-9-6-10(17)2-4-13(9)21-15/h2-8,16H,19H2,1H3. The molecule has 5 heteroatoms. The van der Waals surface area contributed by atoms with Gasteiger partial charge in [-0.2, -0.15) is 0 Å². The zero-order valence-corrected chi connectivity index (χ0v) is 12.8. The molecule has 1 atom stereocenters. The molecular formula is C16H13Cl2NO2. The SMILES string of the molecule is COc1ccc(Cl)cc1C(N)c1cc2cc(Cl)ccc2o1. The van der Waals surface area contributed by atoms with Crippen LogP contribution in [-0.2, 0) is 0 Å². The van der Waals surface area contributed by atoms with E-state index >= 15 is 0 Å². The lowest BCUT2D eigenvalue weighted by Gasteiger charge is -2.14. The fraction of sp³-hybridized carbons (Fsp3) is 0.125. The van der Waals surface area contributed by atoms with Crippen molar-refractivity contribution in [3.8, 4) is 5.75 Å². The van der Waals surface area contributed by atoms with Gasteiger partial charge in [-0.05, 0) is 42.5 Å². The van der Waals surface area contributed by atoms with Crippen molar-refractivity contribution in [2.45, 2.75) is 6.04 Å². The van der Waals surface area contributed by atoms with Crippen LogP contribution in [-0.4, -0.2) is 7.11 Å². The molecule has 21 heavy (non-hydrogen) atoms. The van der Waals surface area contributed by atoms with Crippen molar-refractivity contribution >= 4 is 34.2 Å². The van der Waals surface area contributed by atoms with E-state index in [1.54, 1.807) is 31.4 Å². The molecule has 2 aromatic carbocycles. The average Bonchev–Trinajstić information content (AvgIpc) is 2.89. The molecule has 0 amide bonds. The number of fused-ring (bicyclic) bond motifs is 1. The van der Waals surface area contributed by atoms with Crippen molar-refractivity contribution in [2.75, 3.05) is 7.11 Å². The topological polar surface area (TPSA) is 48.4 Å². The number of halogens is 2. The first-order valence-electron chi connectivity index (χ1n) is 6.36. The van der Waals surface area contributed by atoms with Crippen molar-refractivity contribution < 1.29 is 9.15 Å². The van der Waals surface area contributed by atoms with Crippen LogP contribution in [0.15, 0.2) is 46.9 Å². The second kappa shape index (κ2) is 5.60. The van der Waals surface area contributed by atoms with Crippen LogP contribution in [0.25, 0.3) is 11.0 Å². The molecule has 2 N–H and O–H groups in total. The van der Waals surface area contributed by atoms with Crippen LogP contribution in [0.5, 0.6) is 5.75 Å². The monoisotopic (exact) mass is 321 g/mol. The molecule has 0 aliphatic carbocycles. The van der Waals surface area contributed by atoms with Crippen LogP contribution >= 0.6 is 23.2 Å². The minimum Gasteiger partial charge on any atom is -0.496 e. The largest absolute Gasteiger partial charge is 0.496 e. The lowest BCUT2D eigenvalue weighted by Crippen LogP contribution is -2.12. The van der Waals surface area contributed by atoms with Gasteiger partial charge in [0, 0.05) is 21.0 Å². The number of hydrogen-bond donors (Lipinski definition) is 1. The lowest BCUT2D eigenvalue weighted by molar-refractivity contribution is 0.404. The quantitative estimate of drug-likeness (QED) is 0.754. The Morgan fingerprint density at radius 2 is 1.76 bits per heavy atom. The summed E-state index contributed by atoms with van der Waals surface area (Å²) in [5, 5.41) is 2.16. The van der Waals surface area contributed by atoms with E-state index in [1.165, 1.54) is 0 Å². The van der Waals surface area contributed by atoms with E-state index in [-0.39, 0.29) is 0 Å². The molecule has 3 aromatic rings. The van der Waals surface area contributed by atoms with E-state index in [0.717, 1.165) is 16.5 Å². The van der Waals surface area contributed by atoms with Gasteiger partial charge < -0.3 is 14.9 Å². The number of furan rings is 1. The maximum absolute atomic E-state index is 6.30. The Balaban J connectivity index is 2.07. The van der Waals surface area contributed by atoms with Crippen molar-refractivity contribution in [3.05, 3.63) is 63.8 Å². The summed E-state index contributed by atoms with van der Waals surface area (Å²) < 4.78 is 11.1. The van der Waals surface area contributed by atoms with Gasteiger partial charge in [-0.3, -0.25) is 0 Å². The summed E-state index contributed by atoms with van der Waals surface area (Å²) in [4.78, 5) is 0. The van der Waals surface area contributed by atoms with Crippen LogP contribution in [0.4, 0.5) is 0 Å². The maximum atomic E-state index is 6.30. The Kier molecular flexibility index (Phi) is 3.81. The van der Waals surface area contributed by atoms with E-state index in [0.29, 0.717) is 21.6 Å². The third kappa shape index (κ3) is 2.72. The molecule has 1 aromatic heterocycles. The van der Waals surface area contributed by atoms with Crippen molar-refractivity contribution in [2.24, 2.45) is 5.73 Å². The summed E-state index contributed by atoms with van der Waals surface area (Å²) in [6, 6.07) is 12.2. The Bertz CT molecular complexity index is 798. The molecule has 0 saturated carbocycles. The fourth-order valence-corrected chi connectivity index (χ4v) is 2.65. The third-order valence-electron chi connectivity index (χ3n) is 3.33. The number of benzene rings is 2. The summed E-state index contributed by atoms with van der Waals surface area (Å²) in [5.41, 5.74) is 7.81. The summed E-state index contributed by atoms with van der Waals surface area (Å²) in [5.74, 6) is 1.30. The van der Waals surface area contributed by atoms with Crippen LogP contribution in [0, 0.1) is 0 Å². The highest BCUT2D eigenvalue weighted by molar-refractivity contribution is 6.31. The molecule has 108 valence electrons. The van der Waals surface area contributed by atoms with Crippen LogP contribution in [0.2, 0.25) is 10.0 Å². The Morgan fingerprint density at radius 1 is 1.05 bits per heavy atom. The average molecular weight is 322 g/mol. The predicted molar refractivity (Wildman–Crippen MR) is 85.3 cm³/mol. The van der Waals surface area contributed by atoms with Crippen molar-refractivity contribution in [3.63, 3.8) is 0 Å². The third-order valence-corrected chi connectivity index (χ3v) is 3.80. The smallest absolute Gasteiger partial charge is 0.134 e. The number of hydrogen-bond acceptors (Lipinski definition) is 3.